The lowest BCUT2D eigenvalue weighted by Gasteiger charge is -2.09. The fraction of sp³-hybridized carbons (Fsp3) is 0.130. The smallest absolute Gasteiger partial charge is 0.323 e. The van der Waals surface area contributed by atoms with Crippen molar-refractivity contribution in [3.05, 3.63) is 83.7 Å². The number of nitrogens with zero attached hydrogens (tertiary/aromatic N) is 4. The molecule has 0 saturated carbocycles. The Kier molecular flexibility index (Phi) is 5.61. The minimum absolute atomic E-state index is 0.315. The summed E-state index contributed by atoms with van der Waals surface area (Å²) < 4.78 is 7.47. The second kappa shape index (κ2) is 8.66. The first kappa shape index (κ1) is 20.1. The van der Waals surface area contributed by atoms with Gasteiger partial charge in [0.2, 0.25) is 5.88 Å². The zero-order valence-electron chi connectivity index (χ0n) is 17.5. The molecule has 8 heteroatoms. The third kappa shape index (κ3) is 5.05. The Bertz CT molecular complexity index is 1200. The quantitative estimate of drug-likeness (QED) is 0.478. The van der Waals surface area contributed by atoms with Crippen molar-refractivity contribution in [2.24, 2.45) is 0 Å². The number of anilines is 2. The van der Waals surface area contributed by atoms with Crippen molar-refractivity contribution in [2.75, 3.05) is 10.6 Å². The number of carbonyl (C=O) groups excluding carboxylic acids is 1. The maximum Gasteiger partial charge on any atom is 0.323 e. The molecular formula is C23H22N6O2. The largest absolute Gasteiger partial charge is 0.438 e. The highest BCUT2D eigenvalue weighted by Crippen LogP contribution is 2.22. The van der Waals surface area contributed by atoms with Gasteiger partial charge >= 0.3 is 6.03 Å². The standard InChI is InChI=1S/C23H22N6O2/c1-15-5-4-6-19(13-15)25-23(30)24-18-7-9-20(10-8-18)31-22-12-11-21(26-27-22)29-17(3)14-16(2)28-29/h4-14H,1-3H3,(H2,24,25,30). The van der Waals surface area contributed by atoms with Crippen LogP contribution in [0.3, 0.4) is 0 Å². The predicted molar refractivity (Wildman–Crippen MR) is 119 cm³/mol. The average molecular weight is 414 g/mol. The zero-order valence-corrected chi connectivity index (χ0v) is 17.5. The summed E-state index contributed by atoms with van der Waals surface area (Å²) >= 11 is 0. The van der Waals surface area contributed by atoms with Gasteiger partial charge in [-0.3, -0.25) is 0 Å². The average Bonchev–Trinajstić information content (AvgIpc) is 3.08. The molecule has 4 aromatic rings. The Labute approximate surface area is 179 Å². The van der Waals surface area contributed by atoms with Gasteiger partial charge in [0.1, 0.15) is 5.75 Å². The van der Waals surface area contributed by atoms with Crippen molar-refractivity contribution < 1.29 is 9.53 Å². The lowest BCUT2D eigenvalue weighted by atomic mass is 10.2. The second-order valence-electron chi connectivity index (χ2n) is 7.14. The van der Waals surface area contributed by atoms with Crippen LogP contribution < -0.4 is 15.4 Å². The van der Waals surface area contributed by atoms with Gasteiger partial charge in [0.25, 0.3) is 0 Å². The van der Waals surface area contributed by atoms with E-state index in [-0.39, 0.29) is 6.03 Å². The molecule has 0 unspecified atom stereocenters. The van der Waals surface area contributed by atoms with Crippen LogP contribution in [-0.2, 0) is 0 Å². The molecule has 0 aliphatic carbocycles. The minimum Gasteiger partial charge on any atom is -0.438 e. The normalized spacial score (nSPS) is 10.5. The number of aryl methyl sites for hydroxylation is 3. The fourth-order valence-corrected chi connectivity index (χ4v) is 3.08. The van der Waals surface area contributed by atoms with E-state index < -0.39 is 0 Å². The van der Waals surface area contributed by atoms with Gasteiger partial charge in [0.05, 0.1) is 5.69 Å². The lowest BCUT2D eigenvalue weighted by Crippen LogP contribution is -2.19. The maximum atomic E-state index is 12.2. The summed E-state index contributed by atoms with van der Waals surface area (Å²) in [5, 5.41) is 18.3. The molecule has 4 rings (SSSR count). The molecule has 2 aromatic carbocycles. The number of urea groups is 1. The summed E-state index contributed by atoms with van der Waals surface area (Å²) in [4.78, 5) is 12.2. The van der Waals surface area contributed by atoms with Crippen LogP contribution in [-0.4, -0.2) is 26.0 Å². The van der Waals surface area contributed by atoms with Gasteiger partial charge in [0, 0.05) is 23.1 Å². The summed E-state index contributed by atoms with van der Waals surface area (Å²) in [6.07, 6.45) is 0. The summed E-state index contributed by atoms with van der Waals surface area (Å²) in [7, 11) is 0. The van der Waals surface area contributed by atoms with Crippen LogP contribution in [0.5, 0.6) is 11.6 Å². The lowest BCUT2D eigenvalue weighted by molar-refractivity contribution is 0.262. The highest BCUT2D eigenvalue weighted by atomic mass is 16.5. The first-order valence-electron chi connectivity index (χ1n) is 9.76. The van der Waals surface area contributed by atoms with E-state index in [4.69, 9.17) is 4.74 Å². The molecule has 2 amide bonds. The Hall–Kier alpha value is -4.20. The highest BCUT2D eigenvalue weighted by Gasteiger charge is 2.08. The van der Waals surface area contributed by atoms with E-state index in [1.165, 1.54) is 0 Å². The number of carbonyl (C=O) groups is 1. The van der Waals surface area contributed by atoms with E-state index in [0.29, 0.717) is 23.1 Å². The number of benzene rings is 2. The van der Waals surface area contributed by atoms with Crippen molar-refractivity contribution in [2.45, 2.75) is 20.8 Å². The van der Waals surface area contributed by atoms with Gasteiger partial charge in [-0.2, -0.15) is 5.10 Å². The summed E-state index contributed by atoms with van der Waals surface area (Å²) in [5.41, 5.74) is 4.35. The number of ether oxygens (including phenoxy) is 1. The molecule has 2 aromatic heterocycles. The maximum absolute atomic E-state index is 12.2. The molecule has 0 fully saturated rings. The first-order valence-corrected chi connectivity index (χ1v) is 9.76. The third-order valence-corrected chi connectivity index (χ3v) is 4.46. The molecule has 2 N–H and O–H groups in total. The van der Waals surface area contributed by atoms with Gasteiger partial charge < -0.3 is 15.4 Å². The van der Waals surface area contributed by atoms with Crippen LogP contribution in [0.25, 0.3) is 5.82 Å². The Morgan fingerprint density at radius 2 is 1.65 bits per heavy atom. The van der Waals surface area contributed by atoms with E-state index in [1.807, 2.05) is 51.1 Å². The molecular weight excluding hydrogens is 392 g/mol. The first-order chi connectivity index (χ1) is 15.0. The van der Waals surface area contributed by atoms with Crippen molar-refractivity contribution >= 4 is 17.4 Å². The van der Waals surface area contributed by atoms with Gasteiger partial charge in [-0.1, -0.05) is 12.1 Å². The summed E-state index contributed by atoms with van der Waals surface area (Å²) in [6, 6.07) is 19.8. The zero-order chi connectivity index (χ0) is 21.8. The predicted octanol–water partition coefficient (Wildman–Crippen LogP) is 5.02. The molecule has 0 saturated heterocycles. The molecule has 0 aliphatic rings. The Morgan fingerprint density at radius 3 is 2.29 bits per heavy atom. The minimum atomic E-state index is -0.315. The molecule has 0 radical (unpaired) electrons. The third-order valence-electron chi connectivity index (χ3n) is 4.46. The van der Waals surface area contributed by atoms with Crippen LogP contribution in [0.1, 0.15) is 17.0 Å². The van der Waals surface area contributed by atoms with Crippen molar-refractivity contribution in [1.82, 2.24) is 20.0 Å². The summed E-state index contributed by atoms with van der Waals surface area (Å²) in [5.74, 6) is 1.57. The molecule has 0 bridgehead atoms. The number of amides is 2. The van der Waals surface area contributed by atoms with Crippen LogP contribution in [0, 0.1) is 20.8 Å². The second-order valence-corrected chi connectivity index (χ2v) is 7.14. The van der Waals surface area contributed by atoms with Gasteiger partial charge in [-0.05, 0) is 74.9 Å². The summed E-state index contributed by atoms with van der Waals surface area (Å²) in [6.45, 7) is 5.86. The van der Waals surface area contributed by atoms with E-state index >= 15 is 0 Å². The van der Waals surface area contributed by atoms with Crippen molar-refractivity contribution in [3.8, 4) is 17.4 Å². The molecule has 0 atom stereocenters. The monoisotopic (exact) mass is 414 g/mol. The van der Waals surface area contributed by atoms with Gasteiger partial charge in [0.15, 0.2) is 5.82 Å². The number of rotatable bonds is 5. The van der Waals surface area contributed by atoms with Crippen molar-refractivity contribution in [3.63, 3.8) is 0 Å². The molecule has 0 spiro atoms. The number of nitrogens with one attached hydrogen (secondary N) is 2. The highest BCUT2D eigenvalue weighted by molar-refractivity contribution is 5.99. The molecule has 156 valence electrons. The van der Waals surface area contributed by atoms with E-state index in [2.05, 4.69) is 25.9 Å². The van der Waals surface area contributed by atoms with E-state index in [9.17, 15) is 4.79 Å². The molecule has 8 nitrogen and oxygen atoms in total. The van der Waals surface area contributed by atoms with Crippen LogP contribution in [0.15, 0.2) is 66.7 Å². The number of hydrogen-bond donors (Lipinski definition) is 2. The number of aromatic nitrogens is 4. The Morgan fingerprint density at radius 1 is 0.871 bits per heavy atom. The molecule has 2 heterocycles. The van der Waals surface area contributed by atoms with E-state index in [0.717, 1.165) is 22.6 Å². The van der Waals surface area contributed by atoms with Gasteiger partial charge in [-0.15, -0.1) is 10.2 Å². The Balaban J connectivity index is 1.36. The fourth-order valence-electron chi connectivity index (χ4n) is 3.08. The topological polar surface area (TPSA) is 94.0 Å². The van der Waals surface area contributed by atoms with Crippen LogP contribution >= 0.6 is 0 Å². The van der Waals surface area contributed by atoms with Gasteiger partial charge in [-0.25, -0.2) is 9.48 Å². The van der Waals surface area contributed by atoms with Crippen molar-refractivity contribution in [1.29, 1.82) is 0 Å². The number of hydrogen-bond acceptors (Lipinski definition) is 5. The molecule has 31 heavy (non-hydrogen) atoms. The molecule has 0 aliphatic heterocycles. The SMILES string of the molecule is Cc1cccc(NC(=O)Nc2ccc(Oc3ccc(-n4nc(C)cc4C)nn3)cc2)c1. The van der Waals surface area contributed by atoms with E-state index in [1.54, 1.807) is 41.1 Å². The van der Waals surface area contributed by atoms with Crippen LogP contribution in [0.2, 0.25) is 0 Å². The van der Waals surface area contributed by atoms with Crippen LogP contribution in [0.4, 0.5) is 16.2 Å².